The van der Waals surface area contributed by atoms with Crippen LogP contribution >= 0.6 is 34.0 Å². The van der Waals surface area contributed by atoms with Gasteiger partial charge in [-0.2, -0.15) is 0 Å². The van der Waals surface area contributed by atoms with Crippen LogP contribution in [0.1, 0.15) is 262 Å². The summed E-state index contributed by atoms with van der Waals surface area (Å²) in [6.07, 6.45) is 3.31. The number of benzene rings is 12. The maximum absolute atomic E-state index is 2.38. The quantitative estimate of drug-likeness (QED) is 0.0931. The molecule has 0 N–H and O–H groups in total. The number of thiophene rings is 3. The molecule has 3 aliphatic rings. The van der Waals surface area contributed by atoms with E-state index in [-0.39, 0.29) is 0 Å². The van der Waals surface area contributed by atoms with Crippen LogP contribution in [0.5, 0.6) is 0 Å². The Bertz CT molecular complexity index is 4600. The van der Waals surface area contributed by atoms with Gasteiger partial charge in [0.15, 0.2) is 0 Å². The third-order valence-corrected chi connectivity index (χ3v) is 24.8. The molecule has 0 unspecified atom stereocenters. The first-order valence-electron chi connectivity index (χ1n) is 55.2. The summed E-state index contributed by atoms with van der Waals surface area (Å²) in [4.78, 5) is 20.0. The van der Waals surface area contributed by atoms with Crippen LogP contribution in [0.15, 0.2) is 291 Å². The van der Waals surface area contributed by atoms with Gasteiger partial charge in [-0.15, -0.1) is 34.0 Å². The molecule has 804 valence electrons. The van der Waals surface area contributed by atoms with Crippen LogP contribution in [0.25, 0.3) is 93.9 Å². The fourth-order valence-electron chi connectivity index (χ4n) is 13.5. The molecule has 18 rings (SSSR count). The minimum Gasteiger partial charge on any atom is -0.310 e. The molecule has 144 heavy (non-hydrogen) atoms. The van der Waals surface area contributed by atoms with Crippen molar-refractivity contribution in [3.63, 3.8) is 0 Å². The molecule has 0 atom stereocenters. The highest BCUT2D eigenvalue weighted by atomic mass is 32.1. The van der Waals surface area contributed by atoms with Gasteiger partial charge < -0.3 is 14.7 Å². The molecule has 12 heteroatoms. The number of fused-ring (bicyclic) bond motifs is 18. The standard InChI is InChI=1S/3C13H10.3C12H8S.2C7H18N2.C6H16N2.C5H13N.2C4H11N.12C2H6/c3*1-3-7-12-10(5-1)9-11-6-2-4-8-13(11)12;3*1-3-7-11-9(5-1)10-6-2-4-8-12(10)13-11;1-5-8(3)7-9(4)6-2;1-5-9(6-2)7-8(3)4;1-5-8(4)6-7(2)3;1-4-6(3)5-2;2*1-4-5(2)3;12*1-2/h3*1-8H,9H2;3*1-8H;2*5-7H2,1-4H3;5-6H2,1-4H3;4-5H2,1-3H3;2*4H2,1-3H3;12*1-2H3. The monoisotopic (exact) mass is 2020 g/mol. The van der Waals surface area contributed by atoms with Crippen LogP contribution < -0.4 is 0 Å². The number of hydrogen-bond acceptors (Lipinski definition) is 12. The van der Waals surface area contributed by atoms with E-state index in [4.69, 9.17) is 0 Å². The van der Waals surface area contributed by atoms with E-state index in [1.807, 2.05) is 200 Å². The molecule has 0 amide bonds. The zero-order valence-corrected chi connectivity index (χ0v) is 103. The maximum atomic E-state index is 2.38. The molecule has 0 saturated carbocycles. The summed E-state index contributed by atoms with van der Waals surface area (Å²) in [6.45, 7) is 80.9. The minimum atomic E-state index is 1.05. The maximum Gasteiger partial charge on any atom is 0.0500 e. The smallest absolute Gasteiger partial charge is 0.0500 e. The van der Waals surface area contributed by atoms with E-state index < -0.39 is 0 Å². The lowest BCUT2D eigenvalue weighted by Crippen LogP contribution is -2.33. The number of rotatable bonds is 15. The fraction of sp³-hybridized carbons (Fsp3) is 0.455. The second-order valence-corrected chi connectivity index (χ2v) is 34.7. The van der Waals surface area contributed by atoms with Crippen LogP contribution in [0.4, 0.5) is 0 Å². The van der Waals surface area contributed by atoms with Crippen LogP contribution in [0, 0.1) is 0 Å². The van der Waals surface area contributed by atoms with E-state index in [0.29, 0.717) is 0 Å². The van der Waals surface area contributed by atoms with Gasteiger partial charge in [-0.05, 0) is 266 Å². The predicted octanol–water partition coefficient (Wildman–Crippen LogP) is 38.5. The van der Waals surface area contributed by atoms with Crippen molar-refractivity contribution in [1.82, 2.24) is 44.1 Å². The highest BCUT2D eigenvalue weighted by Crippen LogP contribution is 2.40. The van der Waals surface area contributed by atoms with Crippen LogP contribution in [0.3, 0.4) is 0 Å². The Morgan fingerprint density at radius 2 is 0.306 bits per heavy atom. The minimum absolute atomic E-state index is 1.05. The van der Waals surface area contributed by atoms with Gasteiger partial charge in [-0.3, -0.25) is 29.4 Å². The summed E-state index contributed by atoms with van der Waals surface area (Å²) in [7, 11) is 25.0. The lowest BCUT2D eigenvalue weighted by atomic mass is 10.1. The zero-order chi connectivity index (χ0) is 111. The van der Waals surface area contributed by atoms with Gasteiger partial charge in [0.25, 0.3) is 0 Å². The van der Waals surface area contributed by atoms with E-state index in [0.717, 1.165) is 98.2 Å². The first-order valence-corrected chi connectivity index (χ1v) is 57.7. The molecule has 3 heterocycles. The lowest BCUT2D eigenvalue weighted by Gasteiger charge is -2.22. The Morgan fingerprint density at radius 3 is 0.431 bits per heavy atom. The molecule has 0 aliphatic heterocycles. The molecule has 0 bridgehead atoms. The molecule has 0 fully saturated rings. The van der Waals surface area contributed by atoms with Crippen molar-refractivity contribution in [2.45, 2.75) is 248 Å². The molecule has 3 aromatic heterocycles. The molecular weight excluding hydrogens is 1810 g/mol. The van der Waals surface area contributed by atoms with Gasteiger partial charge in [0.1, 0.15) is 0 Å². The molecule has 0 saturated heterocycles. The van der Waals surface area contributed by atoms with E-state index in [2.05, 4.69) is 482 Å². The highest BCUT2D eigenvalue weighted by molar-refractivity contribution is 7.26. The molecular formula is C132H213N9S3. The Labute approximate surface area is 901 Å². The molecule has 15 aromatic rings. The summed E-state index contributed by atoms with van der Waals surface area (Å²) in [6, 6.07) is 103. The third kappa shape index (κ3) is 57.3. The van der Waals surface area contributed by atoms with E-state index >= 15 is 0 Å². The van der Waals surface area contributed by atoms with Gasteiger partial charge in [-0.1, -0.05) is 483 Å². The summed E-state index contributed by atoms with van der Waals surface area (Å²) in [5.41, 5.74) is 17.3. The number of hydrogen-bond donors (Lipinski definition) is 0. The first kappa shape index (κ1) is 146. The van der Waals surface area contributed by atoms with Crippen molar-refractivity contribution < 1.29 is 0 Å². The van der Waals surface area contributed by atoms with Gasteiger partial charge in [0.2, 0.25) is 0 Å². The Kier molecular flexibility index (Phi) is 98.4. The molecule has 0 spiro atoms. The molecule has 3 aliphatic carbocycles. The first-order chi connectivity index (χ1) is 70.1. The van der Waals surface area contributed by atoms with E-state index in [1.54, 1.807) is 0 Å². The Hall–Kier alpha value is -9.06. The van der Waals surface area contributed by atoms with Gasteiger partial charge in [-0.25, -0.2) is 0 Å². The van der Waals surface area contributed by atoms with Crippen LogP contribution in [0.2, 0.25) is 0 Å². The SMILES string of the molecule is CC.CC.CC.CC.CC.CC.CC.CC.CC.CC.CC.CC.CCN(C)C.CCN(C)C.CCN(C)CC.CCN(C)CN(C)C.CCN(C)CN(C)CC.CCN(CC)CN(C)C.c1ccc2c(c1)Cc1ccccc1-2.c1ccc2c(c1)Cc1ccccc1-2.c1ccc2c(c1)Cc1ccccc1-2.c1ccc2c(c1)sc1ccccc12.c1ccc2c(c1)sc1ccccc12.c1ccc2c(c1)sc1ccccc12. The van der Waals surface area contributed by atoms with Crippen molar-refractivity contribution in [3.8, 4) is 33.4 Å². The lowest BCUT2D eigenvalue weighted by molar-refractivity contribution is 0.192. The highest BCUT2D eigenvalue weighted by Gasteiger charge is 2.19. The second-order valence-electron chi connectivity index (χ2n) is 31.4. The second kappa shape index (κ2) is 97.3. The normalized spacial score (nSPS) is 9.96. The topological polar surface area (TPSA) is 29.2 Å². The third-order valence-electron chi connectivity index (χ3n) is 21.3. The summed E-state index contributed by atoms with van der Waals surface area (Å²) >= 11 is 5.58. The summed E-state index contributed by atoms with van der Waals surface area (Å²) in [5.74, 6) is 0. The van der Waals surface area contributed by atoms with Crippen molar-refractivity contribution >= 4 is 94.5 Å². The van der Waals surface area contributed by atoms with Crippen LogP contribution in [-0.2, 0) is 19.3 Å². The number of nitrogens with zero attached hydrogens (tertiary/aromatic N) is 9. The van der Waals surface area contributed by atoms with Crippen molar-refractivity contribution in [3.05, 3.63) is 325 Å². The van der Waals surface area contributed by atoms with Gasteiger partial charge in [0, 0.05) is 80.5 Å². The van der Waals surface area contributed by atoms with E-state index in [1.165, 1.54) is 127 Å². The molecule has 0 radical (unpaired) electrons. The summed E-state index contributed by atoms with van der Waals surface area (Å²) in [5, 5.41) is 8.27. The Morgan fingerprint density at radius 1 is 0.160 bits per heavy atom. The largest absolute Gasteiger partial charge is 0.310 e. The van der Waals surface area contributed by atoms with Crippen molar-refractivity contribution in [2.75, 3.05) is 163 Å². The Balaban J connectivity index is -0.000000357. The van der Waals surface area contributed by atoms with E-state index in [9.17, 15) is 0 Å². The van der Waals surface area contributed by atoms with Crippen molar-refractivity contribution in [1.29, 1.82) is 0 Å². The molecule has 9 nitrogen and oxygen atoms in total. The average Bonchev–Trinajstić information content (AvgIpc) is 1.69. The van der Waals surface area contributed by atoms with Gasteiger partial charge in [0.05, 0.1) is 0 Å². The fourth-order valence-corrected chi connectivity index (χ4v) is 16.8. The van der Waals surface area contributed by atoms with Gasteiger partial charge >= 0.3 is 0 Å². The summed E-state index contributed by atoms with van der Waals surface area (Å²) < 4.78 is 8.27. The van der Waals surface area contributed by atoms with Crippen molar-refractivity contribution in [2.24, 2.45) is 0 Å². The molecule has 12 aromatic carbocycles. The average molecular weight is 2020 g/mol. The zero-order valence-electron chi connectivity index (χ0n) is 101. The predicted molar refractivity (Wildman–Crippen MR) is 675 cm³/mol. The van der Waals surface area contributed by atoms with Crippen LogP contribution in [-0.4, -0.2) is 208 Å².